The first-order valence-electron chi connectivity index (χ1n) is 10.5. The molecule has 0 fully saturated rings. The van der Waals surface area contributed by atoms with Crippen molar-refractivity contribution in [1.82, 2.24) is 14.5 Å². The maximum atomic E-state index is 13.2. The molecule has 33 heavy (non-hydrogen) atoms. The van der Waals surface area contributed by atoms with E-state index in [1.807, 2.05) is 54.8 Å². The molecule has 1 N–H and O–H groups in total. The van der Waals surface area contributed by atoms with Gasteiger partial charge in [0.25, 0.3) is 5.91 Å². The Morgan fingerprint density at radius 3 is 2.36 bits per heavy atom. The van der Waals surface area contributed by atoms with Crippen molar-refractivity contribution in [2.75, 3.05) is 18.4 Å². The number of likely N-dealkylation sites (N-methyl/N-ethyl adjacent to an activating group) is 1. The van der Waals surface area contributed by atoms with Crippen molar-refractivity contribution in [3.05, 3.63) is 88.2 Å². The van der Waals surface area contributed by atoms with E-state index in [0.29, 0.717) is 33.4 Å². The highest BCUT2D eigenvalue weighted by Crippen LogP contribution is 2.29. The van der Waals surface area contributed by atoms with E-state index >= 15 is 0 Å². The van der Waals surface area contributed by atoms with Crippen LogP contribution in [0.25, 0.3) is 16.7 Å². The third-order valence-corrected chi connectivity index (χ3v) is 5.94. The number of nitrogens with zero attached hydrogens (tertiary/aromatic N) is 3. The van der Waals surface area contributed by atoms with Crippen LogP contribution in [-0.2, 0) is 4.79 Å². The van der Waals surface area contributed by atoms with Gasteiger partial charge in [-0.05, 0) is 56.3 Å². The van der Waals surface area contributed by atoms with Gasteiger partial charge >= 0.3 is 0 Å². The van der Waals surface area contributed by atoms with Gasteiger partial charge in [0, 0.05) is 17.8 Å². The predicted molar refractivity (Wildman–Crippen MR) is 132 cm³/mol. The molecule has 0 bridgehead atoms. The molecule has 1 heterocycles. The number of benzene rings is 3. The second-order valence-corrected chi connectivity index (χ2v) is 8.31. The Kier molecular flexibility index (Phi) is 6.67. The number of aryl methyl sites for hydroxylation is 1. The van der Waals surface area contributed by atoms with E-state index in [2.05, 4.69) is 10.3 Å². The highest BCUT2D eigenvalue weighted by molar-refractivity contribution is 6.39. The number of rotatable bonds is 6. The number of hydrogen-bond donors (Lipinski definition) is 1. The summed E-state index contributed by atoms with van der Waals surface area (Å²) in [4.78, 5) is 31.9. The fraction of sp³-hybridized carbons (Fsp3) is 0.160. The maximum absolute atomic E-state index is 13.2. The SMILES string of the molecule is CCN(CC(=O)Nc1c(Cl)cccc1Cl)C(=O)c1ccc2c(c1)nc(C)n2-c1ccccc1. The Balaban J connectivity index is 1.56. The van der Waals surface area contributed by atoms with E-state index < -0.39 is 0 Å². The van der Waals surface area contributed by atoms with Crippen LogP contribution in [-0.4, -0.2) is 39.4 Å². The average Bonchev–Trinajstić information content (AvgIpc) is 3.15. The first-order chi connectivity index (χ1) is 15.9. The summed E-state index contributed by atoms with van der Waals surface area (Å²) in [6.07, 6.45) is 0. The third kappa shape index (κ3) is 4.72. The molecule has 0 saturated carbocycles. The number of carbonyl (C=O) groups excluding carboxylic acids is 2. The Bertz CT molecular complexity index is 1320. The number of halogens is 2. The van der Waals surface area contributed by atoms with Crippen LogP contribution in [0.15, 0.2) is 66.7 Å². The van der Waals surface area contributed by atoms with Crippen molar-refractivity contribution in [2.45, 2.75) is 13.8 Å². The topological polar surface area (TPSA) is 67.2 Å². The minimum Gasteiger partial charge on any atom is -0.330 e. The van der Waals surface area contributed by atoms with Gasteiger partial charge in [-0.2, -0.15) is 0 Å². The number of amides is 2. The molecule has 0 saturated heterocycles. The van der Waals surface area contributed by atoms with Crippen molar-refractivity contribution in [2.24, 2.45) is 0 Å². The van der Waals surface area contributed by atoms with Crippen LogP contribution < -0.4 is 5.32 Å². The Morgan fingerprint density at radius 2 is 1.70 bits per heavy atom. The number of carbonyl (C=O) groups is 2. The van der Waals surface area contributed by atoms with Crippen molar-refractivity contribution >= 4 is 51.7 Å². The number of fused-ring (bicyclic) bond motifs is 1. The summed E-state index contributed by atoms with van der Waals surface area (Å²) in [5.74, 6) is 0.182. The van der Waals surface area contributed by atoms with E-state index in [0.717, 1.165) is 17.0 Å². The molecule has 8 heteroatoms. The van der Waals surface area contributed by atoms with Gasteiger partial charge in [0.1, 0.15) is 12.4 Å². The molecule has 4 rings (SSSR count). The van der Waals surface area contributed by atoms with Gasteiger partial charge in [-0.3, -0.25) is 14.2 Å². The summed E-state index contributed by atoms with van der Waals surface area (Å²) in [7, 11) is 0. The fourth-order valence-corrected chi connectivity index (χ4v) is 4.21. The van der Waals surface area contributed by atoms with Crippen molar-refractivity contribution in [3.63, 3.8) is 0 Å². The minimum absolute atomic E-state index is 0.133. The van der Waals surface area contributed by atoms with Gasteiger partial charge < -0.3 is 10.2 Å². The van der Waals surface area contributed by atoms with E-state index in [9.17, 15) is 9.59 Å². The zero-order valence-corrected chi connectivity index (χ0v) is 19.7. The molecular formula is C25H22Cl2N4O2. The van der Waals surface area contributed by atoms with Crippen LogP contribution >= 0.6 is 23.2 Å². The smallest absolute Gasteiger partial charge is 0.254 e. The normalized spacial score (nSPS) is 10.9. The van der Waals surface area contributed by atoms with Crippen LogP contribution in [0.2, 0.25) is 10.0 Å². The molecule has 1 aromatic heterocycles. The second-order valence-electron chi connectivity index (χ2n) is 7.50. The summed E-state index contributed by atoms with van der Waals surface area (Å²) in [5, 5.41) is 3.36. The lowest BCUT2D eigenvalue weighted by molar-refractivity contribution is -0.116. The van der Waals surface area contributed by atoms with Gasteiger partial charge in [-0.1, -0.05) is 47.5 Å². The van der Waals surface area contributed by atoms with Crippen LogP contribution in [0.1, 0.15) is 23.1 Å². The largest absolute Gasteiger partial charge is 0.330 e. The fourth-order valence-electron chi connectivity index (χ4n) is 3.72. The Labute approximate surface area is 201 Å². The zero-order valence-electron chi connectivity index (χ0n) is 18.2. The van der Waals surface area contributed by atoms with E-state index in [1.54, 1.807) is 30.3 Å². The molecule has 0 aliphatic rings. The molecule has 0 aliphatic heterocycles. The molecule has 0 spiro atoms. The van der Waals surface area contributed by atoms with Crippen molar-refractivity contribution in [3.8, 4) is 5.69 Å². The molecule has 2 amide bonds. The molecule has 168 valence electrons. The lowest BCUT2D eigenvalue weighted by Gasteiger charge is -2.21. The number of imidazole rings is 1. The molecule has 3 aromatic carbocycles. The zero-order chi connectivity index (χ0) is 23.5. The van der Waals surface area contributed by atoms with Gasteiger partial charge in [0.2, 0.25) is 5.91 Å². The molecule has 6 nitrogen and oxygen atoms in total. The predicted octanol–water partition coefficient (Wildman–Crippen LogP) is 5.74. The van der Waals surface area contributed by atoms with Gasteiger partial charge in [0.05, 0.1) is 26.8 Å². The van der Waals surface area contributed by atoms with Gasteiger partial charge in [0.15, 0.2) is 0 Å². The molecule has 0 atom stereocenters. The number of nitrogens with one attached hydrogen (secondary N) is 1. The Hall–Kier alpha value is -3.35. The monoisotopic (exact) mass is 480 g/mol. The van der Waals surface area contributed by atoms with E-state index in [1.165, 1.54) is 4.90 Å². The highest BCUT2D eigenvalue weighted by Gasteiger charge is 2.20. The minimum atomic E-state index is -0.384. The van der Waals surface area contributed by atoms with Crippen molar-refractivity contribution < 1.29 is 9.59 Å². The summed E-state index contributed by atoms with van der Waals surface area (Å²) < 4.78 is 2.04. The summed E-state index contributed by atoms with van der Waals surface area (Å²) in [6, 6.07) is 20.3. The first kappa shape index (κ1) is 22.8. The second kappa shape index (κ2) is 9.65. The summed E-state index contributed by atoms with van der Waals surface area (Å²) in [5.41, 5.74) is 3.42. The molecule has 0 unspecified atom stereocenters. The summed E-state index contributed by atoms with van der Waals surface area (Å²) >= 11 is 12.3. The number of para-hydroxylation sites is 2. The third-order valence-electron chi connectivity index (χ3n) is 5.31. The maximum Gasteiger partial charge on any atom is 0.254 e. The lowest BCUT2D eigenvalue weighted by Crippen LogP contribution is -2.38. The first-order valence-corrected chi connectivity index (χ1v) is 11.2. The van der Waals surface area contributed by atoms with Crippen LogP contribution in [0.4, 0.5) is 5.69 Å². The average molecular weight is 481 g/mol. The molecule has 0 aliphatic carbocycles. The highest BCUT2D eigenvalue weighted by atomic mass is 35.5. The lowest BCUT2D eigenvalue weighted by atomic mass is 10.1. The standard InChI is InChI=1S/C25H22Cl2N4O2/c1-3-30(15-23(32)29-24-19(26)10-7-11-20(24)27)25(33)17-12-13-22-21(14-17)28-16(2)31(22)18-8-5-4-6-9-18/h4-14H,3,15H2,1-2H3,(H,29,32). The summed E-state index contributed by atoms with van der Waals surface area (Å²) in [6.45, 7) is 3.97. The van der Waals surface area contributed by atoms with Crippen molar-refractivity contribution in [1.29, 1.82) is 0 Å². The molecular weight excluding hydrogens is 459 g/mol. The van der Waals surface area contributed by atoms with Gasteiger partial charge in [-0.25, -0.2) is 4.98 Å². The van der Waals surface area contributed by atoms with E-state index in [-0.39, 0.29) is 18.4 Å². The van der Waals surface area contributed by atoms with Crippen LogP contribution in [0.5, 0.6) is 0 Å². The van der Waals surface area contributed by atoms with Crippen LogP contribution in [0, 0.1) is 6.92 Å². The number of aromatic nitrogens is 2. The quantitative estimate of drug-likeness (QED) is 0.382. The molecule has 0 radical (unpaired) electrons. The number of anilines is 1. The van der Waals surface area contributed by atoms with Gasteiger partial charge in [-0.15, -0.1) is 0 Å². The Morgan fingerprint density at radius 1 is 1.00 bits per heavy atom. The van der Waals surface area contributed by atoms with Crippen LogP contribution in [0.3, 0.4) is 0 Å². The van der Waals surface area contributed by atoms with E-state index in [4.69, 9.17) is 23.2 Å². The molecule has 4 aromatic rings. The number of hydrogen-bond acceptors (Lipinski definition) is 3.